The van der Waals surface area contributed by atoms with Crippen LogP contribution in [0.4, 0.5) is 0 Å². The highest BCUT2D eigenvalue weighted by atomic mass is 16.5. The minimum absolute atomic E-state index is 0.311. The summed E-state index contributed by atoms with van der Waals surface area (Å²) in [7, 11) is 0. The van der Waals surface area contributed by atoms with Gasteiger partial charge in [0.05, 0.1) is 12.5 Å². The van der Waals surface area contributed by atoms with E-state index in [-0.39, 0.29) is 5.92 Å². The molecule has 1 atom stereocenters. The first kappa shape index (κ1) is 8.43. The number of carbonyl (C=O) groups is 1. The molecule has 0 fully saturated rings. The molecule has 3 nitrogen and oxygen atoms in total. The zero-order valence-corrected chi connectivity index (χ0v) is 5.76. The van der Waals surface area contributed by atoms with Crippen LogP contribution in [-0.2, 0) is 9.53 Å². The highest BCUT2D eigenvalue weighted by Crippen LogP contribution is 1.94. The molecule has 0 aromatic rings. The Balaban J connectivity index is 3.27. The van der Waals surface area contributed by atoms with Crippen LogP contribution in [-0.4, -0.2) is 24.3 Å². The first-order valence-electron chi connectivity index (χ1n) is 2.99. The van der Waals surface area contributed by atoms with E-state index in [0.29, 0.717) is 13.2 Å². The third-order valence-electron chi connectivity index (χ3n) is 0.994. The van der Waals surface area contributed by atoms with Crippen molar-refractivity contribution in [3.8, 4) is 0 Å². The fourth-order valence-corrected chi connectivity index (χ4v) is 0.366. The van der Waals surface area contributed by atoms with E-state index in [4.69, 9.17) is 9.84 Å². The molecule has 0 saturated heterocycles. The minimum Gasteiger partial charge on any atom is -0.481 e. The maximum atomic E-state index is 10.1. The Hall–Kier alpha value is -0.570. The lowest BCUT2D eigenvalue weighted by Gasteiger charge is -2.03. The summed E-state index contributed by atoms with van der Waals surface area (Å²) in [4.78, 5) is 10.1. The van der Waals surface area contributed by atoms with E-state index in [1.54, 1.807) is 6.92 Å². The molecule has 0 rings (SSSR count). The largest absolute Gasteiger partial charge is 0.481 e. The highest BCUT2D eigenvalue weighted by molar-refractivity contribution is 5.69. The molecular weight excluding hydrogens is 120 g/mol. The Morgan fingerprint density at radius 2 is 2.33 bits per heavy atom. The molecule has 0 aromatic heterocycles. The Morgan fingerprint density at radius 3 is 2.67 bits per heavy atom. The van der Waals surface area contributed by atoms with Crippen LogP contribution in [0, 0.1) is 5.92 Å². The lowest BCUT2D eigenvalue weighted by atomic mass is 10.2. The summed E-state index contributed by atoms with van der Waals surface area (Å²) in [5, 5.41) is 8.33. The van der Waals surface area contributed by atoms with E-state index in [1.165, 1.54) is 0 Å². The second-order valence-corrected chi connectivity index (χ2v) is 1.90. The second kappa shape index (κ2) is 4.32. The van der Waals surface area contributed by atoms with Crippen molar-refractivity contribution < 1.29 is 14.6 Å². The fourth-order valence-electron chi connectivity index (χ4n) is 0.366. The minimum atomic E-state index is -0.802. The third kappa shape index (κ3) is 3.97. The van der Waals surface area contributed by atoms with Crippen LogP contribution in [0.25, 0.3) is 0 Å². The van der Waals surface area contributed by atoms with Crippen LogP contribution >= 0.6 is 0 Å². The maximum absolute atomic E-state index is 10.1. The van der Waals surface area contributed by atoms with Crippen molar-refractivity contribution in [1.29, 1.82) is 0 Å². The molecule has 54 valence electrons. The molecule has 1 N–H and O–H groups in total. The third-order valence-corrected chi connectivity index (χ3v) is 0.994. The van der Waals surface area contributed by atoms with Crippen molar-refractivity contribution >= 4 is 5.97 Å². The maximum Gasteiger partial charge on any atom is 0.308 e. The van der Waals surface area contributed by atoms with Gasteiger partial charge < -0.3 is 9.84 Å². The van der Waals surface area contributed by atoms with Crippen molar-refractivity contribution in [3.05, 3.63) is 0 Å². The molecular formula is C6H12O3. The van der Waals surface area contributed by atoms with Gasteiger partial charge in [-0.05, 0) is 13.8 Å². The molecule has 0 heterocycles. The van der Waals surface area contributed by atoms with Crippen molar-refractivity contribution in [2.75, 3.05) is 13.2 Å². The Kier molecular flexibility index (Phi) is 4.05. The van der Waals surface area contributed by atoms with Crippen molar-refractivity contribution in [1.82, 2.24) is 0 Å². The van der Waals surface area contributed by atoms with Crippen LogP contribution in [0.3, 0.4) is 0 Å². The first-order valence-corrected chi connectivity index (χ1v) is 2.99. The van der Waals surface area contributed by atoms with Gasteiger partial charge in [-0.3, -0.25) is 4.79 Å². The van der Waals surface area contributed by atoms with Crippen LogP contribution < -0.4 is 0 Å². The van der Waals surface area contributed by atoms with Gasteiger partial charge in [-0.1, -0.05) is 0 Å². The fraction of sp³-hybridized carbons (Fsp3) is 0.833. The molecule has 0 bridgehead atoms. The highest BCUT2D eigenvalue weighted by Gasteiger charge is 2.08. The molecule has 1 unspecified atom stereocenters. The standard InChI is InChI=1S/C6H12O3/c1-3-9-4-5(2)6(7)8/h5H,3-4H2,1-2H3,(H,7,8). The molecule has 0 radical (unpaired) electrons. The Labute approximate surface area is 54.6 Å². The molecule has 0 aromatic carbocycles. The summed E-state index contributed by atoms with van der Waals surface area (Å²) >= 11 is 0. The Bertz CT molecular complexity index is 90.3. The van der Waals surface area contributed by atoms with Crippen LogP contribution in [0.5, 0.6) is 0 Å². The number of hydrogen-bond donors (Lipinski definition) is 1. The summed E-state index contributed by atoms with van der Waals surface area (Å²) in [5.41, 5.74) is 0. The lowest BCUT2D eigenvalue weighted by molar-refractivity contribution is -0.143. The van der Waals surface area contributed by atoms with E-state index in [9.17, 15) is 4.79 Å². The normalized spacial score (nSPS) is 13.1. The van der Waals surface area contributed by atoms with E-state index < -0.39 is 5.97 Å². The SMILES string of the molecule is CCOCC(C)C(=O)O. The average molecular weight is 132 g/mol. The number of ether oxygens (including phenoxy) is 1. The number of aliphatic carboxylic acids is 1. The quantitative estimate of drug-likeness (QED) is 0.613. The van der Waals surface area contributed by atoms with Crippen molar-refractivity contribution in [2.45, 2.75) is 13.8 Å². The molecule has 0 amide bonds. The van der Waals surface area contributed by atoms with E-state index in [2.05, 4.69) is 0 Å². The summed E-state index contributed by atoms with van der Waals surface area (Å²) in [5.74, 6) is -1.19. The van der Waals surface area contributed by atoms with Crippen LogP contribution in [0.15, 0.2) is 0 Å². The number of carboxylic acids is 1. The molecule has 0 aliphatic carbocycles. The Morgan fingerprint density at radius 1 is 1.78 bits per heavy atom. The van der Waals surface area contributed by atoms with Crippen LogP contribution in [0.2, 0.25) is 0 Å². The summed E-state index contributed by atoms with van der Waals surface area (Å²) in [6, 6.07) is 0. The topological polar surface area (TPSA) is 46.5 Å². The molecule has 0 aliphatic heterocycles. The van der Waals surface area contributed by atoms with Gasteiger partial charge in [0.2, 0.25) is 0 Å². The van der Waals surface area contributed by atoms with E-state index >= 15 is 0 Å². The van der Waals surface area contributed by atoms with Gasteiger partial charge in [-0.15, -0.1) is 0 Å². The first-order chi connectivity index (χ1) is 4.18. The number of rotatable bonds is 4. The van der Waals surface area contributed by atoms with Crippen molar-refractivity contribution in [3.63, 3.8) is 0 Å². The predicted molar refractivity (Wildman–Crippen MR) is 33.3 cm³/mol. The van der Waals surface area contributed by atoms with Crippen molar-refractivity contribution in [2.24, 2.45) is 5.92 Å². The van der Waals surface area contributed by atoms with E-state index in [1.807, 2.05) is 6.92 Å². The second-order valence-electron chi connectivity index (χ2n) is 1.90. The lowest BCUT2D eigenvalue weighted by Crippen LogP contribution is -2.15. The van der Waals surface area contributed by atoms with Gasteiger partial charge in [0.25, 0.3) is 0 Å². The number of hydrogen-bond acceptors (Lipinski definition) is 2. The molecule has 0 saturated carbocycles. The molecule has 0 aliphatic rings. The zero-order valence-electron chi connectivity index (χ0n) is 5.76. The smallest absolute Gasteiger partial charge is 0.308 e. The molecule has 3 heteroatoms. The summed E-state index contributed by atoms with van der Waals surface area (Å²) in [6.45, 7) is 4.36. The van der Waals surface area contributed by atoms with Gasteiger partial charge in [0.15, 0.2) is 0 Å². The van der Waals surface area contributed by atoms with Gasteiger partial charge in [-0.2, -0.15) is 0 Å². The summed E-state index contributed by atoms with van der Waals surface area (Å²) in [6.07, 6.45) is 0. The summed E-state index contributed by atoms with van der Waals surface area (Å²) < 4.78 is 4.88. The number of carboxylic acid groups (broad SMARTS) is 1. The molecule has 0 spiro atoms. The van der Waals surface area contributed by atoms with Gasteiger partial charge in [0, 0.05) is 6.61 Å². The zero-order chi connectivity index (χ0) is 7.28. The van der Waals surface area contributed by atoms with Gasteiger partial charge >= 0.3 is 5.97 Å². The predicted octanol–water partition coefficient (Wildman–Crippen LogP) is 0.744. The average Bonchev–Trinajstić information content (AvgIpc) is 1.82. The van der Waals surface area contributed by atoms with Crippen LogP contribution in [0.1, 0.15) is 13.8 Å². The van der Waals surface area contributed by atoms with Gasteiger partial charge in [0.1, 0.15) is 0 Å². The van der Waals surface area contributed by atoms with E-state index in [0.717, 1.165) is 0 Å². The molecule has 9 heavy (non-hydrogen) atoms. The monoisotopic (exact) mass is 132 g/mol. The van der Waals surface area contributed by atoms with Gasteiger partial charge in [-0.25, -0.2) is 0 Å².